The van der Waals surface area contributed by atoms with Crippen molar-refractivity contribution in [1.82, 2.24) is 0 Å². The van der Waals surface area contributed by atoms with E-state index in [4.69, 9.17) is 21.1 Å². The fraction of sp³-hybridized carbons (Fsp3) is 0.0476. The zero-order valence-electron chi connectivity index (χ0n) is 13.9. The van der Waals surface area contributed by atoms with Gasteiger partial charge in [-0.15, -0.1) is 0 Å². The number of ether oxygens (including phenoxy) is 2. The van der Waals surface area contributed by atoms with Crippen LogP contribution in [0.25, 0.3) is 0 Å². The van der Waals surface area contributed by atoms with Gasteiger partial charge >= 0.3 is 11.9 Å². The van der Waals surface area contributed by atoms with E-state index in [1.165, 1.54) is 12.1 Å². The van der Waals surface area contributed by atoms with Crippen LogP contribution in [0.5, 0.6) is 11.5 Å². The summed E-state index contributed by atoms with van der Waals surface area (Å²) in [4.78, 5) is 25.0. The average molecular weight is 367 g/mol. The molecule has 0 fully saturated rings. The summed E-state index contributed by atoms with van der Waals surface area (Å²) in [6.07, 6.45) is 0. The number of para-hydroxylation sites is 1. The van der Waals surface area contributed by atoms with Gasteiger partial charge in [0.25, 0.3) is 0 Å². The third-order valence-electron chi connectivity index (χ3n) is 3.69. The molecule has 0 saturated carbocycles. The zero-order chi connectivity index (χ0) is 18.5. The predicted molar refractivity (Wildman–Crippen MR) is 99.0 cm³/mol. The van der Waals surface area contributed by atoms with Crippen LogP contribution in [-0.2, 0) is 0 Å². The third kappa shape index (κ3) is 4.10. The third-order valence-corrected chi connectivity index (χ3v) is 3.94. The first-order valence-electron chi connectivity index (χ1n) is 7.89. The monoisotopic (exact) mass is 366 g/mol. The van der Waals surface area contributed by atoms with Crippen LogP contribution in [0.2, 0.25) is 5.02 Å². The second-order valence-corrected chi connectivity index (χ2v) is 5.98. The second-order valence-electron chi connectivity index (χ2n) is 5.54. The van der Waals surface area contributed by atoms with Crippen LogP contribution in [0.15, 0.2) is 72.8 Å². The number of rotatable bonds is 4. The number of carbonyl (C=O) groups is 2. The number of hydrogen-bond acceptors (Lipinski definition) is 4. The Morgan fingerprint density at radius 1 is 0.731 bits per heavy atom. The Morgan fingerprint density at radius 2 is 1.27 bits per heavy atom. The molecular weight excluding hydrogens is 352 g/mol. The van der Waals surface area contributed by atoms with E-state index in [1.54, 1.807) is 48.5 Å². The standard InChI is InChI=1S/C21H15ClO4/c1-14-6-2-5-9-19(14)26-21(24)18-8-4-3-7-17(18)20(23)25-16-12-10-15(22)11-13-16/h2-13H,1H3. The second kappa shape index (κ2) is 7.85. The molecule has 0 amide bonds. The lowest BCUT2D eigenvalue weighted by molar-refractivity contribution is 0.0691. The highest BCUT2D eigenvalue weighted by Crippen LogP contribution is 2.21. The maximum Gasteiger partial charge on any atom is 0.344 e. The minimum Gasteiger partial charge on any atom is -0.423 e. The molecule has 0 unspecified atom stereocenters. The van der Waals surface area contributed by atoms with Gasteiger partial charge in [-0.25, -0.2) is 9.59 Å². The number of hydrogen-bond donors (Lipinski definition) is 0. The number of benzene rings is 3. The number of aryl methyl sites for hydroxylation is 1. The number of carbonyl (C=O) groups excluding carboxylic acids is 2. The van der Waals surface area contributed by atoms with Gasteiger partial charge in [0, 0.05) is 5.02 Å². The summed E-state index contributed by atoms with van der Waals surface area (Å²) in [5.74, 6) is -0.493. The molecule has 4 nitrogen and oxygen atoms in total. The van der Waals surface area contributed by atoms with E-state index in [2.05, 4.69) is 0 Å². The molecule has 0 N–H and O–H groups in total. The van der Waals surface area contributed by atoms with Crippen molar-refractivity contribution in [2.75, 3.05) is 0 Å². The molecule has 0 spiro atoms. The molecule has 0 atom stereocenters. The fourth-order valence-corrected chi connectivity index (χ4v) is 2.46. The van der Waals surface area contributed by atoms with Gasteiger partial charge in [-0.2, -0.15) is 0 Å². The Bertz CT molecular complexity index is 948. The smallest absolute Gasteiger partial charge is 0.344 e. The van der Waals surface area contributed by atoms with E-state index in [0.717, 1.165) is 5.56 Å². The predicted octanol–water partition coefficient (Wildman–Crippen LogP) is 5.09. The maximum absolute atomic E-state index is 12.5. The summed E-state index contributed by atoms with van der Waals surface area (Å²) >= 11 is 5.82. The minimum atomic E-state index is -0.648. The molecule has 0 saturated heterocycles. The average Bonchev–Trinajstić information content (AvgIpc) is 2.65. The van der Waals surface area contributed by atoms with Crippen molar-refractivity contribution in [3.8, 4) is 11.5 Å². The van der Waals surface area contributed by atoms with Crippen LogP contribution in [0.4, 0.5) is 0 Å². The van der Waals surface area contributed by atoms with Crippen molar-refractivity contribution < 1.29 is 19.1 Å². The number of halogens is 1. The van der Waals surface area contributed by atoms with Gasteiger partial charge in [0.15, 0.2) is 0 Å². The van der Waals surface area contributed by atoms with Crippen LogP contribution in [0.3, 0.4) is 0 Å². The maximum atomic E-state index is 12.5. The highest BCUT2D eigenvalue weighted by Gasteiger charge is 2.20. The topological polar surface area (TPSA) is 52.6 Å². The molecule has 0 aliphatic rings. The van der Waals surface area contributed by atoms with Gasteiger partial charge in [0.05, 0.1) is 11.1 Å². The normalized spacial score (nSPS) is 10.2. The van der Waals surface area contributed by atoms with Crippen molar-refractivity contribution in [1.29, 1.82) is 0 Å². The fourth-order valence-electron chi connectivity index (χ4n) is 2.33. The van der Waals surface area contributed by atoms with Gasteiger partial charge in [0.1, 0.15) is 11.5 Å². The van der Waals surface area contributed by atoms with Crippen molar-refractivity contribution >= 4 is 23.5 Å². The first-order chi connectivity index (χ1) is 12.5. The van der Waals surface area contributed by atoms with Crippen molar-refractivity contribution in [3.05, 3.63) is 94.5 Å². The minimum absolute atomic E-state index is 0.126. The van der Waals surface area contributed by atoms with Crippen molar-refractivity contribution in [3.63, 3.8) is 0 Å². The van der Waals surface area contributed by atoms with Crippen LogP contribution in [0.1, 0.15) is 26.3 Å². The molecule has 0 aromatic heterocycles. The molecule has 0 aliphatic carbocycles. The van der Waals surface area contributed by atoms with Crippen LogP contribution >= 0.6 is 11.6 Å². The Kier molecular flexibility index (Phi) is 5.34. The van der Waals surface area contributed by atoms with Crippen LogP contribution < -0.4 is 9.47 Å². The van der Waals surface area contributed by atoms with E-state index in [-0.39, 0.29) is 11.1 Å². The van der Waals surface area contributed by atoms with Crippen LogP contribution in [-0.4, -0.2) is 11.9 Å². The van der Waals surface area contributed by atoms with Gasteiger partial charge in [0.2, 0.25) is 0 Å². The van der Waals surface area contributed by atoms with Gasteiger partial charge < -0.3 is 9.47 Å². The first-order valence-corrected chi connectivity index (χ1v) is 8.27. The van der Waals surface area contributed by atoms with E-state index >= 15 is 0 Å². The molecular formula is C21H15ClO4. The molecule has 0 heterocycles. The summed E-state index contributed by atoms with van der Waals surface area (Å²) < 4.78 is 10.7. The summed E-state index contributed by atoms with van der Waals surface area (Å²) in [6.45, 7) is 1.84. The van der Waals surface area contributed by atoms with Gasteiger partial charge in [-0.05, 0) is 55.0 Å². The molecule has 0 bridgehead atoms. The first kappa shape index (κ1) is 17.7. The lowest BCUT2D eigenvalue weighted by atomic mass is 10.1. The lowest BCUT2D eigenvalue weighted by Crippen LogP contribution is -2.17. The molecule has 0 radical (unpaired) electrons. The molecule has 3 aromatic carbocycles. The van der Waals surface area contributed by atoms with E-state index in [0.29, 0.717) is 16.5 Å². The highest BCUT2D eigenvalue weighted by molar-refractivity contribution is 6.30. The molecule has 0 aliphatic heterocycles. The van der Waals surface area contributed by atoms with E-state index in [9.17, 15) is 9.59 Å². The molecule has 26 heavy (non-hydrogen) atoms. The highest BCUT2D eigenvalue weighted by atomic mass is 35.5. The Labute approximate surface area is 155 Å². The molecule has 5 heteroatoms. The summed E-state index contributed by atoms with van der Waals surface area (Å²) in [5.41, 5.74) is 1.08. The molecule has 130 valence electrons. The van der Waals surface area contributed by atoms with E-state index < -0.39 is 11.9 Å². The Morgan fingerprint density at radius 3 is 1.88 bits per heavy atom. The summed E-state index contributed by atoms with van der Waals surface area (Å²) in [6, 6.07) is 19.9. The van der Waals surface area contributed by atoms with Gasteiger partial charge in [-0.1, -0.05) is 41.9 Å². The van der Waals surface area contributed by atoms with Crippen LogP contribution in [0, 0.1) is 6.92 Å². The Hall–Kier alpha value is -3.11. The SMILES string of the molecule is Cc1ccccc1OC(=O)c1ccccc1C(=O)Oc1ccc(Cl)cc1. The quantitative estimate of drug-likeness (QED) is 0.477. The number of esters is 2. The summed E-state index contributed by atoms with van der Waals surface area (Å²) in [5, 5.41) is 0.534. The van der Waals surface area contributed by atoms with Crippen molar-refractivity contribution in [2.45, 2.75) is 6.92 Å². The molecule has 3 aromatic rings. The lowest BCUT2D eigenvalue weighted by Gasteiger charge is -2.10. The zero-order valence-corrected chi connectivity index (χ0v) is 14.7. The summed E-state index contributed by atoms with van der Waals surface area (Å²) in [7, 11) is 0. The molecule has 3 rings (SSSR count). The van der Waals surface area contributed by atoms with Gasteiger partial charge in [-0.3, -0.25) is 0 Å². The van der Waals surface area contributed by atoms with Crippen molar-refractivity contribution in [2.24, 2.45) is 0 Å². The van der Waals surface area contributed by atoms with E-state index in [1.807, 2.05) is 19.1 Å². The largest absolute Gasteiger partial charge is 0.423 e. The Balaban J connectivity index is 1.83.